The number of halogens is 1. The Bertz CT molecular complexity index is 1900. The van der Waals surface area contributed by atoms with Crippen LogP contribution >= 0.6 is 12.4 Å². The lowest BCUT2D eigenvalue weighted by Crippen LogP contribution is -2.52. The van der Waals surface area contributed by atoms with E-state index in [1.54, 1.807) is 17.1 Å². The van der Waals surface area contributed by atoms with Gasteiger partial charge in [-0.25, -0.2) is 9.36 Å². The summed E-state index contributed by atoms with van der Waals surface area (Å²) in [4.78, 5) is 50.4. The fourth-order valence-corrected chi connectivity index (χ4v) is 7.26. The zero-order chi connectivity index (χ0) is 45.8. The number of nitrogens with two attached hydrogens (primary N) is 3. The number of terminal acetylenes is 1. The summed E-state index contributed by atoms with van der Waals surface area (Å²) in [7, 11) is 0. The Morgan fingerprint density at radius 2 is 1.31 bits per heavy atom. The molecule has 2 fully saturated rings. The highest BCUT2D eigenvalue weighted by Crippen LogP contribution is 2.27. The molecule has 2 amide bonds. The molecule has 5 heterocycles. The number of amides is 2. The number of aromatic nitrogens is 9. The van der Waals surface area contributed by atoms with Crippen LogP contribution in [-0.4, -0.2) is 195 Å². The van der Waals surface area contributed by atoms with Crippen LogP contribution in [0.4, 0.5) is 17.8 Å². The molecule has 0 spiro atoms. The van der Waals surface area contributed by atoms with Crippen molar-refractivity contribution in [3.63, 3.8) is 0 Å². The molecule has 2 saturated heterocycles. The number of nitrogens with zero attached hydrogens (tertiary/aromatic N) is 13. The molecule has 9 N–H and O–H groups in total. The smallest absolute Gasteiger partial charge is 0.247 e. The Kier molecular flexibility index (Phi) is 22.4. The Balaban J connectivity index is 0.00000925. The van der Waals surface area contributed by atoms with Crippen molar-refractivity contribution in [1.82, 2.24) is 54.7 Å². The molecule has 65 heavy (non-hydrogen) atoms. The van der Waals surface area contributed by atoms with Crippen LogP contribution in [0.25, 0.3) is 0 Å². The normalized spacial score (nSPS) is 16.6. The van der Waals surface area contributed by atoms with Gasteiger partial charge in [0.25, 0.3) is 0 Å². The molecule has 2 aliphatic heterocycles. The van der Waals surface area contributed by atoms with Gasteiger partial charge >= 0.3 is 0 Å². The zero-order valence-electron chi connectivity index (χ0n) is 37.6. The summed E-state index contributed by atoms with van der Waals surface area (Å²) in [5.74, 6) is 3.50. The van der Waals surface area contributed by atoms with E-state index in [4.69, 9.17) is 52.8 Å². The molecular formula is C40H68ClN17O7. The molecule has 0 aromatic carbocycles. The van der Waals surface area contributed by atoms with Gasteiger partial charge in [0.15, 0.2) is 0 Å². The molecule has 0 bridgehead atoms. The highest BCUT2D eigenvalue weighted by atomic mass is 35.5. The monoisotopic (exact) mass is 934 g/mol. The van der Waals surface area contributed by atoms with Gasteiger partial charge in [-0.3, -0.25) is 9.59 Å². The minimum absolute atomic E-state index is 0. The topological polar surface area (TPSA) is 305 Å². The number of hydrogen-bond acceptors (Lipinski definition) is 20. The quantitative estimate of drug-likeness (QED) is 0.0375. The van der Waals surface area contributed by atoms with E-state index in [-0.39, 0.29) is 50.0 Å². The molecule has 3 aromatic rings. The third-order valence-electron chi connectivity index (χ3n) is 11.3. The number of aliphatic hydroxyl groups excluding tert-OH is 2. The summed E-state index contributed by atoms with van der Waals surface area (Å²) in [6.45, 7) is 10.2. The van der Waals surface area contributed by atoms with E-state index in [0.29, 0.717) is 134 Å². The number of carbonyl (C=O) groups excluding carboxylic acids is 2. The van der Waals surface area contributed by atoms with E-state index in [9.17, 15) is 19.8 Å². The SMILES string of the molecule is C#CCOCCOCCOCCNc1nc(N2CCN(C(=O)[C@H]([C@@H](C)CC)n3cc([C@@H](N)CO)nn3)CC2)nc(N2CCN(C(=O)[C@H](CCCCN)n3cc([C@@H](N)CO)nn3)CC2)n1.Cl. The maximum atomic E-state index is 14.1. The highest BCUT2D eigenvalue weighted by molar-refractivity contribution is 5.85. The van der Waals surface area contributed by atoms with Gasteiger partial charge < -0.3 is 66.5 Å². The average molecular weight is 935 g/mol. The van der Waals surface area contributed by atoms with Crippen LogP contribution in [0.1, 0.15) is 75.1 Å². The van der Waals surface area contributed by atoms with E-state index in [1.807, 2.05) is 33.4 Å². The lowest BCUT2D eigenvalue weighted by atomic mass is 9.97. The van der Waals surface area contributed by atoms with E-state index in [2.05, 4.69) is 31.9 Å². The summed E-state index contributed by atoms with van der Waals surface area (Å²) in [6, 6.07) is -2.58. The van der Waals surface area contributed by atoms with Crippen molar-refractivity contribution in [2.45, 2.75) is 63.7 Å². The van der Waals surface area contributed by atoms with Crippen molar-refractivity contribution in [1.29, 1.82) is 0 Å². The third kappa shape index (κ3) is 15.1. The van der Waals surface area contributed by atoms with Gasteiger partial charge in [0.2, 0.25) is 29.7 Å². The predicted octanol–water partition coefficient (Wildman–Crippen LogP) is -1.49. The number of hydrogen-bond donors (Lipinski definition) is 6. The summed E-state index contributed by atoms with van der Waals surface area (Å²) in [5.41, 5.74) is 18.6. The van der Waals surface area contributed by atoms with E-state index < -0.39 is 24.2 Å². The van der Waals surface area contributed by atoms with E-state index >= 15 is 0 Å². The van der Waals surface area contributed by atoms with Gasteiger partial charge in [-0.15, -0.1) is 29.0 Å². The van der Waals surface area contributed by atoms with E-state index in [1.165, 1.54) is 4.68 Å². The Hall–Kier alpha value is -4.84. The Labute approximate surface area is 386 Å². The van der Waals surface area contributed by atoms with Crippen LogP contribution in [0.15, 0.2) is 12.4 Å². The molecule has 0 aliphatic carbocycles. The van der Waals surface area contributed by atoms with Gasteiger partial charge in [0, 0.05) is 58.9 Å². The number of unbranched alkanes of at least 4 members (excludes halogenated alkanes) is 1. The molecule has 3 aromatic heterocycles. The molecule has 24 nitrogen and oxygen atoms in total. The first-order valence-corrected chi connectivity index (χ1v) is 22.1. The minimum Gasteiger partial charge on any atom is -0.394 e. The number of piperazine rings is 2. The van der Waals surface area contributed by atoms with Crippen LogP contribution < -0.4 is 32.3 Å². The van der Waals surface area contributed by atoms with Crippen LogP contribution in [0.3, 0.4) is 0 Å². The summed E-state index contributed by atoms with van der Waals surface area (Å²) >= 11 is 0. The molecule has 5 atom stereocenters. The first-order chi connectivity index (χ1) is 31.1. The largest absolute Gasteiger partial charge is 0.394 e. The zero-order valence-corrected chi connectivity index (χ0v) is 38.4. The van der Waals surface area contributed by atoms with Crippen molar-refractivity contribution in [3.8, 4) is 12.3 Å². The van der Waals surface area contributed by atoms with Crippen molar-refractivity contribution in [3.05, 3.63) is 23.8 Å². The van der Waals surface area contributed by atoms with Crippen LogP contribution in [0.5, 0.6) is 0 Å². The second-order valence-electron chi connectivity index (χ2n) is 15.7. The second kappa shape index (κ2) is 27.6. The molecule has 362 valence electrons. The molecule has 2 aliphatic rings. The number of ether oxygens (including phenoxy) is 3. The molecule has 0 radical (unpaired) electrons. The van der Waals surface area contributed by atoms with Crippen LogP contribution in [-0.2, 0) is 23.8 Å². The first-order valence-electron chi connectivity index (χ1n) is 22.1. The lowest BCUT2D eigenvalue weighted by Gasteiger charge is -2.38. The van der Waals surface area contributed by atoms with Gasteiger partial charge in [-0.1, -0.05) is 36.6 Å². The van der Waals surface area contributed by atoms with Crippen molar-refractivity contribution < 1.29 is 34.0 Å². The minimum atomic E-state index is -0.698. The van der Waals surface area contributed by atoms with Gasteiger partial charge in [0.05, 0.1) is 70.7 Å². The van der Waals surface area contributed by atoms with Crippen LogP contribution in [0, 0.1) is 18.3 Å². The second-order valence-corrected chi connectivity index (χ2v) is 15.7. The number of anilines is 3. The lowest BCUT2D eigenvalue weighted by molar-refractivity contribution is -0.137. The third-order valence-corrected chi connectivity index (χ3v) is 11.3. The van der Waals surface area contributed by atoms with Crippen LogP contribution in [0.2, 0.25) is 0 Å². The van der Waals surface area contributed by atoms with Crippen molar-refractivity contribution in [2.75, 3.05) is 133 Å². The summed E-state index contributed by atoms with van der Waals surface area (Å²) in [6.07, 6.45) is 11.2. The standard InChI is InChI=1S/C40H67N17O7.ClH/c1-4-19-62-21-23-64-24-22-63-20-10-44-38-45-39(54-15-11-52(12-16-54)36(60)34(8-6-7-9-41)56-25-32(48-50-56)30(42)27-58)47-40(46-38)55-17-13-53(14-18-55)37(61)35(29(3)5-2)57-26-33(49-51-57)31(43)28-59;/h1,25-26,29-31,34-35,58-59H,5-24,27-28,41-43H2,2-3H3,(H,44,45,46,47);1H/t29-,30-,31-,34-,35-;/m0./s1. The van der Waals surface area contributed by atoms with Gasteiger partial charge in [0.1, 0.15) is 30.1 Å². The number of nitrogens with one attached hydrogen (secondary N) is 1. The van der Waals surface area contributed by atoms with Gasteiger partial charge in [-0.05, 0) is 31.7 Å². The van der Waals surface area contributed by atoms with E-state index in [0.717, 1.165) is 19.3 Å². The number of carbonyl (C=O) groups is 2. The fraction of sp³-hybridized carbons (Fsp3) is 0.725. The average Bonchev–Trinajstić information content (AvgIpc) is 4.03. The maximum absolute atomic E-state index is 14.1. The Morgan fingerprint density at radius 3 is 1.85 bits per heavy atom. The fourth-order valence-electron chi connectivity index (χ4n) is 7.26. The summed E-state index contributed by atoms with van der Waals surface area (Å²) < 4.78 is 19.6. The summed E-state index contributed by atoms with van der Waals surface area (Å²) in [5, 5.41) is 39.0. The first kappa shape index (κ1) is 52.8. The number of rotatable bonds is 27. The number of aliphatic hydroxyl groups is 2. The molecule has 25 heteroatoms. The predicted molar refractivity (Wildman–Crippen MR) is 243 cm³/mol. The van der Waals surface area contributed by atoms with Gasteiger partial charge in [-0.2, -0.15) is 15.0 Å². The Morgan fingerprint density at radius 1 is 0.785 bits per heavy atom. The molecule has 0 saturated carbocycles. The molecular weight excluding hydrogens is 866 g/mol. The highest BCUT2D eigenvalue weighted by Gasteiger charge is 2.35. The van der Waals surface area contributed by atoms with Crippen molar-refractivity contribution in [2.24, 2.45) is 23.1 Å². The van der Waals surface area contributed by atoms with Crippen molar-refractivity contribution >= 4 is 42.1 Å². The molecule has 0 unspecified atom stereocenters. The molecule has 5 rings (SSSR count). The maximum Gasteiger partial charge on any atom is 0.247 e.